The van der Waals surface area contributed by atoms with Crippen LogP contribution in [0.1, 0.15) is 74.6 Å². The number of amides is 4. The highest BCUT2D eigenvalue weighted by Gasteiger charge is 2.35. The predicted molar refractivity (Wildman–Crippen MR) is 206 cm³/mol. The highest BCUT2D eigenvalue weighted by molar-refractivity contribution is 7.89. The van der Waals surface area contributed by atoms with Gasteiger partial charge in [-0.05, 0) is 112 Å². The van der Waals surface area contributed by atoms with Gasteiger partial charge in [-0.2, -0.15) is 0 Å². The van der Waals surface area contributed by atoms with Crippen LogP contribution >= 0.6 is 0 Å². The summed E-state index contributed by atoms with van der Waals surface area (Å²) in [5.41, 5.74) is 4.88. The quantitative estimate of drug-likeness (QED) is 0.365. The number of anilines is 1. The van der Waals surface area contributed by atoms with Crippen molar-refractivity contribution in [2.24, 2.45) is 17.8 Å². The van der Waals surface area contributed by atoms with Crippen molar-refractivity contribution in [2.75, 3.05) is 64.0 Å². The third kappa shape index (κ3) is 10.0. The molecule has 53 heavy (non-hydrogen) atoms. The third-order valence-electron chi connectivity index (χ3n) is 11.8. The maximum atomic E-state index is 13.0. The highest BCUT2D eigenvalue weighted by atomic mass is 32.2. The zero-order valence-electron chi connectivity index (χ0n) is 32.2. The number of fused-ring (bicyclic) bond motifs is 1. The van der Waals surface area contributed by atoms with E-state index >= 15 is 0 Å². The summed E-state index contributed by atoms with van der Waals surface area (Å²) in [7, 11) is -1.68. The molecule has 3 fully saturated rings. The third-order valence-corrected chi connectivity index (χ3v) is 13.7. The Morgan fingerprint density at radius 3 is 2.04 bits per heavy atom. The number of rotatable bonds is 7. The number of phenolic OH excluding ortho intramolecular Hbond substituents is 1. The van der Waals surface area contributed by atoms with Gasteiger partial charge in [-0.25, -0.2) is 22.3 Å². The molecule has 0 aromatic heterocycles. The minimum Gasteiger partial charge on any atom is -0.507 e. The van der Waals surface area contributed by atoms with Crippen LogP contribution in [-0.4, -0.2) is 115 Å². The minimum absolute atomic E-state index is 0.0403. The normalized spacial score (nSPS) is 20.1. The van der Waals surface area contributed by atoms with E-state index in [1.54, 1.807) is 16.1 Å². The van der Waals surface area contributed by atoms with Gasteiger partial charge < -0.3 is 29.9 Å². The lowest BCUT2D eigenvalue weighted by Crippen LogP contribution is -2.50. The summed E-state index contributed by atoms with van der Waals surface area (Å²) in [6.45, 7) is 12.4. The minimum atomic E-state index is -3.07. The second-order valence-electron chi connectivity index (χ2n) is 15.2. The van der Waals surface area contributed by atoms with E-state index in [1.165, 1.54) is 12.7 Å². The fourth-order valence-electron chi connectivity index (χ4n) is 8.54. The monoisotopic (exact) mass is 753 g/mol. The average molecular weight is 754 g/mol. The molecule has 2 N–H and O–H groups in total. The summed E-state index contributed by atoms with van der Waals surface area (Å²) in [5.74, 6) is 1.81. The molecule has 6 rings (SSSR count). The summed E-state index contributed by atoms with van der Waals surface area (Å²) >= 11 is 0. The molecule has 13 heteroatoms. The molecule has 4 aliphatic heterocycles. The van der Waals surface area contributed by atoms with E-state index in [9.17, 15) is 27.9 Å². The molecule has 1 atom stereocenters. The van der Waals surface area contributed by atoms with Gasteiger partial charge in [0.15, 0.2) is 0 Å². The maximum Gasteiger partial charge on any atom is 0.409 e. The van der Waals surface area contributed by atoms with E-state index in [0.717, 1.165) is 80.4 Å². The van der Waals surface area contributed by atoms with E-state index in [0.29, 0.717) is 56.7 Å². The number of para-hydroxylation sites is 1. The number of benzene rings is 2. The Morgan fingerprint density at radius 1 is 0.887 bits per heavy atom. The van der Waals surface area contributed by atoms with Gasteiger partial charge in [0.1, 0.15) is 5.75 Å². The maximum absolute atomic E-state index is 13.0. The van der Waals surface area contributed by atoms with Crippen LogP contribution in [0.2, 0.25) is 0 Å². The molecule has 0 bridgehead atoms. The van der Waals surface area contributed by atoms with Crippen LogP contribution in [0, 0.1) is 31.6 Å². The van der Waals surface area contributed by atoms with E-state index in [4.69, 9.17) is 4.74 Å². The molecule has 0 aliphatic carbocycles. The Balaban J connectivity index is 0.000000216. The molecule has 2 aromatic rings. The molecule has 2 aromatic carbocycles. The first-order valence-corrected chi connectivity index (χ1v) is 21.0. The van der Waals surface area contributed by atoms with Gasteiger partial charge in [0.2, 0.25) is 15.9 Å². The van der Waals surface area contributed by atoms with Gasteiger partial charge in [-0.3, -0.25) is 4.79 Å². The number of phenols is 1. The van der Waals surface area contributed by atoms with Crippen molar-refractivity contribution in [1.29, 1.82) is 0 Å². The van der Waals surface area contributed by atoms with Crippen molar-refractivity contribution < 1.29 is 32.6 Å². The summed E-state index contributed by atoms with van der Waals surface area (Å²) in [4.78, 5) is 42.6. The molecule has 4 heterocycles. The number of aromatic hydroxyl groups is 1. The Bertz CT molecular complexity index is 1670. The van der Waals surface area contributed by atoms with Gasteiger partial charge in [0.25, 0.3) is 0 Å². The molecule has 12 nitrogen and oxygen atoms in total. The number of hydrogen-bond acceptors (Lipinski definition) is 7. The van der Waals surface area contributed by atoms with E-state index in [2.05, 4.69) is 11.4 Å². The Morgan fingerprint density at radius 2 is 1.45 bits per heavy atom. The van der Waals surface area contributed by atoms with Crippen molar-refractivity contribution in [1.82, 2.24) is 19.0 Å². The number of hydrogen-bond donors (Lipinski definition) is 2. The van der Waals surface area contributed by atoms with Crippen LogP contribution in [0.15, 0.2) is 36.4 Å². The Kier molecular flexibility index (Phi) is 13.7. The Hall–Kier alpha value is -3.84. The molecule has 0 radical (unpaired) electrons. The number of likely N-dealkylation sites (tertiary alicyclic amines) is 2. The number of nitrogens with one attached hydrogen (secondary N) is 1. The van der Waals surface area contributed by atoms with Crippen molar-refractivity contribution in [3.05, 3.63) is 58.7 Å². The zero-order chi connectivity index (χ0) is 38.3. The lowest BCUT2D eigenvalue weighted by atomic mass is 9.79. The highest BCUT2D eigenvalue weighted by Crippen LogP contribution is 2.34. The molecule has 0 unspecified atom stereocenters. The summed E-state index contributed by atoms with van der Waals surface area (Å²) in [6, 6.07) is 12.0. The van der Waals surface area contributed by atoms with E-state index in [-0.39, 0.29) is 35.7 Å². The fourth-order valence-corrected chi connectivity index (χ4v) is 9.67. The number of methoxy groups -OCH3 is 1. The molecular weight excluding hydrogens is 695 g/mol. The largest absolute Gasteiger partial charge is 0.507 e. The number of urea groups is 1. The molecule has 3 saturated heterocycles. The lowest BCUT2D eigenvalue weighted by molar-refractivity contribution is -0.136. The second kappa shape index (κ2) is 18.0. The first-order chi connectivity index (χ1) is 25.3. The topological polar surface area (TPSA) is 140 Å². The van der Waals surface area contributed by atoms with Gasteiger partial charge in [0, 0.05) is 63.5 Å². The molecule has 4 aliphatic rings. The van der Waals surface area contributed by atoms with Crippen LogP contribution in [0.25, 0.3) is 0 Å². The van der Waals surface area contributed by atoms with E-state index in [1.807, 2.05) is 60.9 Å². The van der Waals surface area contributed by atoms with Crippen LogP contribution in [0.5, 0.6) is 5.75 Å². The standard InChI is InChI=1S/C24H38N2O4S.C16H21N3O3/c1-5-31(29,30)26-12-8-22(9-13-26)21-6-10-25(11-7-21)24(28)19(4)16-20-14-17(2)23(27)18(3)15-20;1-22-16(21)18-9-7-13(8-10-18)19-11-6-12-4-2-3-5-14(12)17-15(19)20/h14-15,19,21-22,27H,5-13,16H2,1-4H3;2-5,13H,6-11H2,1H3,(H,17,20)/t19-;/m1./s1. The Labute approximate surface area is 315 Å². The molecular formula is C40H59N5O7S. The number of nitrogens with zero attached hydrogens (tertiary/aromatic N) is 4. The van der Waals surface area contributed by atoms with Gasteiger partial charge in [0.05, 0.1) is 12.9 Å². The fraction of sp³-hybridized carbons (Fsp3) is 0.625. The summed E-state index contributed by atoms with van der Waals surface area (Å²) < 4.78 is 30.5. The number of aryl methyl sites for hydroxylation is 2. The SMILES string of the molecule is CCS(=O)(=O)N1CCC(C2CCN(C(=O)[C@H](C)Cc3cc(C)c(O)c(C)c3)CC2)CC1.COC(=O)N1CCC(N2CCc3ccccc3NC2=O)CC1. The van der Waals surface area contributed by atoms with Gasteiger partial charge in [-0.15, -0.1) is 0 Å². The molecule has 292 valence electrons. The van der Waals surface area contributed by atoms with Gasteiger partial charge >= 0.3 is 12.1 Å². The van der Waals surface area contributed by atoms with Gasteiger partial charge in [-0.1, -0.05) is 37.3 Å². The summed E-state index contributed by atoms with van der Waals surface area (Å²) in [5, 5.41) is 13.0. The first kappa shape index (κ1) is 40.3. The van der Waals surface area contributed by atoms with Crippen molar-refractivity contribution >= 4 is 33.7 Å². The molecule has 4 amide bonds. The second-order valence-corrected chi connectivity index (χ2v) is 17.5. The average Bonchev–Trinajstić information content (AvgIpc) is 3.34. The number of carbonyl (C=O) groups is 3. The van der Waals surface area contributed by atoms with Crippen molar-refractivity contribution in [3.8, 4) is 5.75 Å². The van der Waals surface area contributed by atoms with Crippen LogP contribution in [0.4, 0.5) is 15.3 Å². The zero-order valence-corrected chi connectivity index (χ0v) is 33.0. The van der Waals surface area contributed by atoms with Crippen molar-refractivity contribution in [2.45, 2.75) is 85.1 Å². The summed E-state index contributed by atoms with van der Waals surface area (Å²) in [6.07, 6.45) is 6.74. The van der Waals surface area contributed by atoms with Crippen LogP contribution < -0.4 is 5.32 Å². The number of sulfonamides is 1. The smallest absolute Gasteiger partial charge is 0.409 e. The number of carbonyl (C=O) groups excluding carboxylic acids is 3. The molecule has 0 spiro atoms. The van der Waals surface area contributed by atoms with Crippen LogP contribution in [-0.2, 0) is 32.4 Å². The van der Waals surface area contributed by atoms with Crippen LogP contribution in [0.3, 0.4) is 0 Å². The first-order valence-electron chi connectivity index (χ1n) is 19.3. The molecule has 0 saturated carbocycles. The predicted octanol–water partition coefficient (Wildman–Crippen LogP) is 5.80. The number of ether oxygens (including phenoxy) is 1. The lowest BCUT2D eigenvalue weighted by Gasteiger charge is -2.40. The van der Waals surface area contributed by atoms with Crippen molar-refractivity contribution in [3.63, 3.8) is 0 Å². The van der Waals surface area contributed by atoms with E-state index < -0.39 is 10.0 Å². The number of piperidine rings is 3.